The van der Waals surface area contributed by atoms with Crippen LogP contribution in [-0.4, -0.2) is 47.8 Å². The number of phenolic OH excluding ortho intramolecular Hbond substituents is 1. The number of hydrogen-bond acceptors (Lipinski definition) is 4. The second-order valence-electron chi connectivity index (χ2n) is 5.76. The average Bonchev–Trinajstić information content (AvgIpc) is 2.35. The molecule has 0 bridgehead atoms. The molecule has 20 heavy (non-hydrogen) atoms. The van der Waals surface area contributed by atoms with Gasteiger partial charge in [-0.25, -0.2) is 0 Å². The SMILES string of the molecule is COc1ccc(C(=O)N2CC(C)OC(C)(C)C2)c(O)c1. The Hall–Kier alpha value is -1.75. The summed E-state index contributed by atoms with van der Waals surface area (Å²) in [6.07, 6.45) is -0.0249. The van der Waals surface area contributed by atoms with Gasteiger partial charge in [-0.15, -0.1) is 0 Å². The molecule has 110 valence electrons. The number of hydrogen-bond donors (Lipinski definition) is 1. The number of carbonyl (C=O) groups is 1. The number of phenols is 1. The van der Waals surface area contributed by atoms with Gasteiger partial charge in [0.05, 0.1) is 24.4 Å². The van der Waals surface area contributed by atoms with E-state index in [2.05, 4.69) is 0 Å². The number of rotatable bonds is 2. The summed E-state index contributed by atoms with van der Waals surface area (Å²) in [5.74, 6) is 0.273. The van der Waals surface area contributed by atoms with Crippen molar-refractivity contribution in [1.82, 2.24) is 4.90 Å². The summed E-state index contributed by atoms with van der Waals surface area (Å²) in [4.78, 5) is 14.2. The summed E-state index contributed by atoms with van der Waals surface area (Å²) < 4.78 is 10.8. The molecule has 1 aromatic rings. The fraction of sp³-hybridized carbons (Fsp3) is 0.533. The molecule has 2 rings (SSSR count). The number of aromatic hydroxyl groups is 1. The molecular weight excluding hydrogens is 258 g/mol. The Morgan fingerprint density at radius 3 is 2.75 bits per heavy atom. The zero-order chi connectivity index (χ0) is 14.9. The number of amides is 1. The van der Waals surface area contributed by atoms with E-state index < -0.39 is 0 Å². The summed E-state index contributed by atoms with van der Waals surface area (Å²) in [5.41, 5.74) is -0.0919. The minimum atomic E-state index is -0.380. The molecule has 0 spiro atoms. The highest BCUT2D eigenvalue weighted by Crippen LogP contribution is 2.27. The fourth-order valence-corrected chi connectivity index (χ4v) is 2.60. The van der Waals surface area contributed by atoms with E-state index in [0.29, 0.717) is 18.8 Å². The van der Waals surface area contributed by atoms with Gasteiger partial charge in [0, 0.05) is 19.2 Å². The zero-order valence-electron chi connectivity index (χ0n) is 12.3. The maximum absolute atomic E-state index is 12.5. The van der Waals surface area contributed by atoms with Crippen LogP contribution < -0.4 is 4.74 Å². The summed E-state index contributed by atoms with van der Waals surface area (Å²) in [5, 5.41) is 9.96. The number of ether oxygens (including phenoxy) is 2. The van der Waals surface area contributed by atoms with E-state index in [1.165, 1.54) is 13.2 Å². The van der Waals surface area contributed by atoms with Crippen LogP contribution in [0.15, 0.2) is 18.2 Å². The molecule has 1 heterocycles. The maximum Gasteiger partial charge on any atom is 0.257 e. The van der Waals surface area contributed by atoms with E-state index in [0.717, 1.165) is 0 Å². The van der Waals surface area contributed by atoms with Crippen LogP contribution in [0.2, 0.25) is 0 Å². The zero-order valence-corrected chi connectivity index (χ0v) is 12.3. The van der Waals surface area contributed by atoms with Gasteiger partial charge in [-0.3, -0.25) is 4.79 Å². The van der Waals surface area contributed by atoms with Crippen LogP contribution in [0.1, 0.15) is 31.1 Å². The monoisotopic (exact) mass is 279 g/mol. The van der Waals surface area contributed by atoms with Crippen molar-refractivity contribution in [3.63, 3.8) is 0 Å². The molecule has 1 aliphatic rings. The second kappa shape index (κ2) is 5.32. The Morgan fingerprint density at radius 2 is 2.20 bits per heavy atom. The molecule has 0 aromatic heterocycles. The molecule has 1 atom stereocenters. The fourth-order valence-electron chi connectivity index (χ4n) is 2.60. The Balaban J connectivity index is 2.23. The second-order valence-corrected chi connectivity index (χ2v) is 5.76. The first kappa shape index (κ1) is 14.7. The van der Waals surface area contributed by atoms with Crippen LogP contribution in [0.3, 0.4) is 0 Å². The summed E-state index contributed by atoms with van der Waals surface area (Å²) >= 11 is 0. The maximum atomic E-state index is 12.5. The predicted molar refractivity (Wildman–Crippen MR) is 75.2 cm³/mol. The van der Waals surface area contributed by atoms with Crippen molar-refractivity contribution in [3.05, 3.63) is 23.8 Å². The van der Waals surface area contributed by atoms with Gasteiger partial charge < -0.3 is 19.5 Å². The van der Waals surface area contributed by atoms with Crippen molar-refractivity contribution in [1.29, 1.82) is 0 Å². The molecule has 1 saturated heterocycles. The number of methoxy groups -OCH3 is 1. The van der Waals surface area contributed by atoms with Crippen LogP contribution in [0, 0.1) is 0 Å². The molecule has 1 fully saturated rings. The van der Waals surface area contributed by atoms with E-state index in [-0.39, 0.29) is 28.9 Å². The van der Waals surface area contributed by atoms with Crippen LogP contribution in [0.5, 0.6) is 11.5 Å². The third-order valence-corrected chi connectivity index (χ3v) is 3.29. The van der Waals surface area contributed by atoms with Gasteiger partial charge in [-0.2, -0.15) is 0 Å². The molecule has 1 aromatic carbocycles. The quantitative estimate of drug-likeness (QED) is 0.900. The summed E-state index contributed by atoms with van der Waals surface area (Å²) in [6, 6.07) is 4.70. The highest BCUT2D eigenvalue weighted by molar-refractivity contribution is 5.97. The number of morpholine rings is 1. The van der Waals surface area contributed by atoms with Crippen LogP contribution in [0.25, 0.3) is 0 Å². The highest BCUT2D eigenvalue weighted by atomic mass is 16.5. The topological polar surface area (TPSA) is 59.0 Å². The van der Waals surface area contributed by atoms with Crippen molar-refractivity contribution in [2.75, 3.05) is 20.2 Å². The molecule has 0 saturated carbocycles. The van der Waals surface area contributed by atoms with E-state index in [1.54, 1.807) is 17.0 Å². The van der Waals surface area contributed by atoms with Gasteiger partial charge in [0.1, 0.15) is 11.5 Å². The molecule has 5 nitrogen and oxygen atoms in total. The van der Waals surface area contributed by atoms with Gasteiger partial charge in [-0.05, 0) is 32.9 Å². The molecule has 1 unspecified atom stereocenters. The van der Waals surface area contributed by atoms with E-state index in [4.69, 9.17) is 9.47 Å². The summed E-state index contributed by atoms with van der Waals surface area (Å²) in [7, 11) is 1.52. The Labute approximate surface area is 119 Å². The molecule has 0 aliphatic carbocycles. The number of nitrogens with zero attached hydrogens (tertiary/aromatic N) is 1. The Kier molecular flexibility index (Phi) is 3.90. The van der Waals surface area contributed by atoms with Crippen LogP contribution in [0.4, 0.5) is 0 Å². The van der Waals surface area contributed by atoms with Crippen molar-refractivity contribution in [2.45, 2.75) is 32.5 Å². The van der Waals surface area contributed by atoms with Gasteiger partial charge in [0.25, 0.3) is 5.91 Å². The first-order valence-electron chi connectivity index (χ1n) is 6.66. The van der Waals surface area contributed by atoms with Gasteiger partial charge >= 0.3 is 0 Å². The third kappa shape index (κ3) is 3.04. The molecule has 1 amide bonds. The highest BCUT2D eigenvalue weighted by Gasteiger charge is 2.34. The summed E-state index contributed by atoms with van der Waals surface area (Å²) in [6.45, 7) is 6.87. The van der Waals surface area contributed by atoms with E-state index >= 15 is 0 Å². The van der Waals surface area contributed by atoms with Crippen LogP contribution in [-0.2, 0) is 4.74 Å². The average molecular weight is 279 g/mol. The largest absolute Gasteiger partial charge is 0.507 e. The standard InChI is InChI=1S/C15H21NO4/c1-10-8-16(9-15(2,3)20-10)14(18)12-6-5-11(19-4)7-13(12)17/h5-7,10,17H,8-9H2,1-4H3. The predicted octanol–water partition coefficient (Wildman–Crippen LogP) is 2.04. The van der Waals surface area contributed by atoms with Gasteiger partial charge in [0.15, 0.2) is 0 Å². The van der Waals surface area contributed by atoms with Gasteiger partial charge in [0.2, 0.25) is 0 Å². The minimum Gasteiger partial charge on any atom is -0.507 e. The molecule has 5 heteroatoms. The lowest BCUT2D eigenvalue weighted by Crippen LogP contribution is -2.53. The van der Waals surface area contributed by atoms with Crippen molar-refractivity contribution >= 4 is 5.91 Å². The number of benzene rings is 1. The van der Waals surface area contributed by atoms with Crippen molar-refractivity contribution in [3.8, 4) is 11.5 Å². The first-order chi connectivity index (χ1) is 9.32. The molecule has 1 aliphatic heterocycles. The molecular formula is C15H21NO4. The third-order valence-electron chi connectivity index (χ3n) is 3.29. The van der Waals surface area contributed by atoms with Crippen molar-refractivity contribution < 1.29 is 19.4 Å². The first-order valence-corrected chi connectivity index (χ1v) is 6.66. The Morgan fingerprint density at radius 1 is 1.50 bits per heavy atom. The van der Waals surface area contributed by atoms with E-state index in [9.17, 15) is 9.90 Å². The Bertz CT molecular complexity index is 513. The lowest BCUT2D eigenvalue weighted by molar-refractivity contribution is -0.118. The molecule has 0 radical (unpaired) electrons. The normalized spacial score (nSPS) is 21.6. The smallest absolute Gasteiger partial charge is 0.257 e. The van der Waals surface area contributed by atoms with Crippen molar-refractivity contribution in [2.24, 2.45) is 0 Å². The lowest BCUT2D eigenvalue weighted by atomic mass is 10.0. The molecule has 1 N–H and O–H groups in total. The number of carbonyl (C=O) groups excluding carboxylic acids is 1. The van der Waals surface area contributed by atoms with E-state index in [1.807, 2.05) is 20.8 Å². The lowest BCUT2D eigenvalue weighted by Gasteiger charge is -2.41. The van der Waals surface area contributed by atoms with Gasteiger partial charge in [-0.1, -0.05) is 0 Å². The van der Waals surface area contributed by atoms with Crippen LogP contribution >= 0.6 is 0 Å². The minimum absolute atomic E-state index is 0.0249.